The number of thioether (sulfide) groups is 1. The van der Waals surface area contributed by atoms with Gasteiger partial charge in [0, 0.05) is 6.42 Å². The van der Waals surface area contributed by atoms with Crippen molar-refractivity contribution in [2.45, 2.75) is 12.8 Å². The first-order valence-corrected chi connectivity index (χ1v) is 4.22. The summed E-state index contributed by atoms with van der Waals surface area (Å²) in [5.41, 5.74) is 0. The van der Waals surface area contributed by atoms with Gasteiger partial charge >= 0.3 is 0 Å². The van der Waals surface area contributed by atoms with Crippen LogP contribution in [-0.4, -0.2) is 17.3 Å². The molecule has 48 valence electrons. The van der Waals surface area contributed by atoms with E-state index in [9.17, 15) is 4.79 Å². The number of rotatable bonds is 4. The maximum absolute atomic E-state index is 10.1. The zero-order valence-corrected chi connectivity index (χ0v) is 6.39. The highest BCUT2D eigenvalue weighted by molar-refractivity contribution is 7.98. The number of hydrogen-bond donors (Lipinski definition) is 0. The molecule has 0 aromatic heterocycles. The fourth-order valence-corrected chi connectivity index (χ4v) is 0.922. The normalized spacial score (nSPS) is 9.25. The van der Waals surface area contributed by atoms with Crippen molar-refractivity contribution in [2.75, 3.05) is 12.0 Å². The van der Waals surface area contributed by atoms with E-state index in [0.29, 0.717) is 6.42 Å². The van der Waals surface area contributed by atoms with E-state index in [-0.39, 0.29) is 5.24 Å². The van der Waals surface area contributed by atoms with Crippen LogP contribution in [0.15, 0.2) is 0 Å². The number of halogens is 1. The number of hydrogen-bond acceptors (Lipinski definition) is 2. The third-order valence-corrected chi connectivity index (χ3v) is 1.61. The summed E-state index contributed by atoms with van der Waals surface area (Å²) in [5.74, 6) is 1.03. The van der Waals surface area contributed by atoms with Gasteiger partial charge in [-0.3, -0.25) is 4.79 Å². The molecule has 0 unspecified atom stereocenters. The Morgan fingerprint density at radius 3 is 2.75 bits per heavy atom. The molecular formula is C5H9ClOS. The van der Waals surface area contributed by atoms with Crippen LogP contribution in [0, 0.1) is 0 Å². The summed E-state index contributed by atoms with van der Waals surface area (Å²) in [7, 11) is 0. The van der Waals surface area contributed by atoms with Crippen LogP contribution in [0.25, 0.3) is 0 Å². The Labute approximate surface area is 58.8 Å². The van der Waals surface area contributed by atoms with E-state index in [1.165, 1.54) is 0 Å². The maximum atomic E-state index is 10.1. The lowest BCUT2D eigenvalue weighted by atomic mass is 10.4. The minimum Gasteiger partial charge on any atom is -0.281 e. The lowest BCUT2D eigenvalue weighted by Gasteiger charge is -1.89. The fraction of sp³-hybridized carbons (Fsp3) is 0.800. The third-order valence-electron chi connectivity index (χ3n) is 0.722. The second-order valence-corrected chi connectivity index (χ2v) is 2.86. The van der Waals surface area contributed by atoms with E-state index in [4.69, 9.17) is 11.6 Å². The predicted octanol–water partition coefficient (Wildman–Crippen LogP) is 1.90. The summed E-state index contributed by atoms with van der Waals surface area (Å²) in [4.78, 5) is 10.1. The minimum atomic E-state index is -0.223. The minimum absolute atomic E-state index is 0.223. The van der Waals surface area contributed by atoms with Crippen LogP contribution in [-0.2, 0) is 4.79 Å². The third kappa shape index (κ3) is 6.31. The van der Waals surface area contributed by atoms with Crippen LogP contribution in [0.5, 0.6) is 0 Å². The van der Waals surface area contributed by atoms with Crippen LogP contribution < -0.4 is 0 Å². The monoisotopic (exact) mass is 152 g/mol. The molecule has 0 amide bonds. The van der Waals surface area contributed by atoms with Gasteiger partial charge in [0.2, 0.25) is 5.24 Å². The van der Waals surface area contributed by atoms with Crippen molar-refractivity contribution in [2.24, 2.45) is 0 Å². The summed E-state index contributed by atoms with van der Waals surface area (Å²) in [6.45, 7) is 0. The Bertz CT molecular complexity index is 74.8. The van der Waals surface area contributed by atoms with E-state index in [0.717, 1.165) is 12.2 Å². The zero-order chi connectivity index (χ0) is 6.41. The molecule has 0 aliphatic rings. The number of carbonyl (C=O) groups excluding carboxylic acids is 1. The molecule has 0 radical (unpaired) electrons. The smallest absolute Gasteiger partial charge is 0.221 e. The molecule has 0 bridgehead atoms. The van der Waals surface area contributed by atoms with Gasteiger partial charge in [-0.05, 0) is 30.0 Å². The van der Waals surface area contributed by atoms with Crippen molar-refractivity contribution in [3.63, 3.8) is 0 Å². The Kier molecular flexibility index (Phi) is 5.66. The molecule has 0 atom stereocenters. The van der Waals surface area contributed by atoms with Crippen molar-refractivity contribution in [3.05, 3.63) is 0 Å². The van der Waals surface area contributed by atoms with Gasteiger partial charge in [0.1, 0.15) is 0 Å². The van der Waals surface area contributed by atoms with E-state index in [1.807, 2.05) is 6.26 Å². The van der Waals surface area contributed by atoms with E-state index >= 15 is 0 Å². The molecule has 8 heavy (non-hydrogen) atoms. The van der Waals surface area contributed by atoms with Gasteiger partial charge in [-0.1, -0.05) is 0 Å². The van der Waals surface area contributed by atoms with Gasteiger partial charge in [-0.25, -0.2) is 0 Å². The molecule has 0 heterocycles. The highest BCUT2D eigenvalue weighted by Gasteiger charge is 1.92. The van der Waals surface area contributed by atoms with Crippen molar-refractivity contribution in [3.8, 4) is 0 Å². The molecule has 3 heteroatoms. The van der Waals surface area contributed by atoms with E-state index < -0.39 is 0 Å². The molecule has 0 aromatic carbocycles. The zero-order valence-electron chi connectivity index (χ0n) is 4.82. The SMILES string of the molecule is CSCCCC(=O)Cl. The molecular weight excluding hydrogens is 144 g/mol. The molecule has 0 N–H and O–H groups in total. The summed E-state index contributed by atoms with van der Waals surface area (Å²) >= 11 is 6.80. The average Bonchev–Trinajstić information content (AvgIpc) is 1.66. The van der Waals surface area contributed by atoms with Crippen molar-refractivity contribution in [1.29, 1.82) is 0 Å². The van der Waals surface area contributed by atoms with Crippen LogP contribution in [0.3, 0.4) is 0 Å². The van der Waals surface area contributed by atoms with Gasteiger partial charge in [-0.15, -0.1) is 0 Å². The van der Waals surface area contributed by atoms with Crippen molar-refractivity contribution < 1.29 is 4.79 Å². The first-order valence-electron chi connectivity index (χ1n) is 2.44. The van der Waals surface area contributed by atoms with Crippen LogP contribution in [0.4, 0.5) is 0 Å². The average molecular weight is 153 g/mol. The molecule has 1 nitrogen and oxygen atoms in total. The Hall–Kier alpha value is 0.310. The van der Waals surface area contributed by atoms with Gasteiger partial charge in [0.15, 0.2) is 0 Å². The largest absolute Gasteiger partial charge is 0.281 e. The lowest BCUT2D eigenvalue weighted by molar-refractivity contribution is -0.111. The second-order valence-electron chi connectivity index (χ2n) is 1.45. The van der Waals surface area contributed by atoms with E-state index in [2.05, 4.69) is 0 Å². The first kappa shape index (κ1) is 8.31. The molecule has 0 saturated heterocycles. The summed E-state index contributed by atoms with van der Waals surface area (Å²) < 4.78 is 0. The first-order chi connectivity index (χ1) is 3.77. The molecule has 0 saturated carbocycles. The lowest BCUT2D eigenvalue weighted by Crippen LogP contribution is -1.86. The highest BCUT2D eigenvalue weighted by atomic mass is 35.5. The van der Waals surface area contributed by atoms with E-state index in [1.54, 1.807) is 11.8 Å². The predicted molar refractivity (Wildman–Crippen MR) is 38.5 cm³/mol. The van der Waals surface area contributed by atoms with Crippen LogP contribution >= 0.6 is 23.4 Å². The van der Waals surface area contributed by atoms with Crippen molar-refractivity contribution in [1.82, 2.24) is 0 Å². The molecule has 0 aliphatic carbocycles. The molecule has 0 spiro atoms. The fourth-order valence-electron chi connectivity index (χ4n) is 0.355. The van der Waals surface area contributed by atoms with Crippen LogP contribution in [0.1, 0.15) is 12.8 Å². The van der Waals surface area contributed by atoms with Crippen molar-refractivity contribution >= 4 is 28.6 Å². The quantitative estimate of drug-likeness (QED) is 0.452. The Morgan fingerprint density at radius 1 is 1.75 bits per heavy atom. The van der Waals surface area contributed by atoms with Gasteiger partial charge < -0.3 is 0 Å². The standard InChI is InChI=1S/C5H9ClOS/c1-8-4-2-3-5(6)7/h2-4H2,1H3. The number of carbonyl (C=O) groups is 1. The Balaban J connectivity index is 2.82. The molecule has 0 aliphatic heterocycles. The van der Waals surface area contributed by atoms with Gasteiger partial charge in [0.25, 0.3) is 0 Å². The van der Waals surface area contributed by atoms with Gasteiger partial charge in [0.05, 0.1) is 0 Å². The second kappa shape index (κ2) is 5.45. The topological polar surface area (TPSA) is 17.1 Å². The Morgan fingerprint density at radius 2 is 2.38 bits per heavy atom. The molecule has 0 rings (SSSR count). The highest BCUT2D eigenvalue weighted by Crippen LogP contribution is 2.00. The van der Waals surface area contributed by atoms with Crippen LogP contribution in [0.2, 0.25) is 0 Å². The summed E-state index contributed by atoms with van der Waals surface area (Å²) in [6.07, 6.45) is 3.44. The van der Waals surface area contributed by atoms with Gasteiger partial charge in [-0.2, -0.15) is 11.8 Å². The summed E-state index contributed by atoms with van der Waals surface area (Å²) in [5, 5.41) is -0.223. The molecule has 0 fully saturated rings. The maximum Gasteiger partial charge on any atom is 0.221 e. The molecule has 0 aromatic rings. The summed E-state index contributed by atoms with van der Waals surface area (Å²) in [6, 6.07) is 0.